The van der Waals surface area contributed by atoms with E-state index in [2.05, 4.69) is 25.8 Å². The second kappa shape index (κ2) is 4.26. The van der Waals surface area contributed by atoms with E-state index in [0.717, 1.165) is 25.9 Å². The fourth-order valence-corrected chi connectivity index (χ4v) is 1.61. The highest BCUT2D eigenvalue weighted by Gasteiger charge is 2.14. The van der Waals surface area contributed by atoms with Gasteiger partial charge in [-0.2, -0.15) is 0 Å². The van der Waals surface area contributed by atoms with Crippen LogP contribution in [0.15, 0.2) is 9.59 Å². The SMILES string of the molecule is O=c1[nH]nc(NC2CCNCC2)c(=O)[nH]1. The van der Waals surface area contributed by atoms with Gasteiger partial charge in [0.25, 0.3) is 5.56 Å². The molecule has 0 aliphatic carbocycles. The quantitative estimate of drug-likeness (QED) is 0.483. The molecule has 2 heterocycles. The zero-order chi connectivity index (χ0) is 10.7. The van der Waals surface area contributed by atoms with Gasteiger partial charge in [-0.25, -0.2) is 9.89 Å². The number of anilines is 1. The molecule has 0 atom stereocenters. The molecule has 1 fully saturated rings. The molecule has 0 amide bonds. The molecule has 1 aromatic heterocycles. The lowest BCUT2D eigenvalue weighted by Crippen LogP contribution is -2.38. The Morgan fingerprint density at radius 2 is 2.00 bits per heavy atom. The van der Waals surface area contributed by atoms with Crippen LogP contribution in [-0.2, 0) is 0 Å². The first-order valence-corrected chi connectivity index (χ1v) is 4.92. The zero-order valence-corrected chi connectivity index (χ0v) is 8.17. The van der Waals surface area contributed by atoms with Crippen molar-refractivity contribution in [2.45, 2.75) is 18.9 Å². The van der Waals surface area contributed by atoms with E-state index < -0.39 is 11.2 Å². The Labute approximate surface area is 85.3 Å². The van der Waals surface area contributed by atoms with Crippen molar-refractivity contribution in [1.82, 2.24) is 20.5 Å². The molecule has 0 bridgehead atoms. The van der Waals surface area contributed by atoms with Crippen LogP contribution >= 0.6 is 0 Å². The van der Waals surface area contributed by atoms with Gasteiger partial charge in [-0.15, -0.1) is 5.10 Å². The molecular formula is C8H13N5O2. The summed E-state index contributed by atoms with van der Waals surface area (Å²) in [6, 6.07) is 0.241. The topological polar surface area (TPSA) is 103 Å². The summed E-state index contributed by atoms with van der Waals surface area (Å²) in [6.07, 6.45) is 1.89. The van der Waals surface area contributed by atoms with E-state index in [1.54, 1.807) is 0 Å². The lowest BCUT2D eigenvalue weighted by atomic mass is 10.1. The summed E-state index contributed by atoms with van der Waals surface area (Å²) in [5, 5.41) is 12.1. The first-order chi connectivity index (χ1) is 7.25. The molecule has 0 spiro atoms. The van der Waals surface area contributed by atoms with Crippen LogP contribution in [0.5, 0.6) is 0 Å². The number of piperidine rings is 1. The number of hydrogen-bond acceptors (Lipinski definition) is 5. The molecule has 0 aromatic carbocycles. The molecule has 1 saturated heterocycles. The molecule has 82 valence electrons. The van der Waals surface area contributed by atoms with Crippen molar-refractivity contribution < 1.29 is 0 Å². The predicted octanol–water partition coefficient (Wildman–Crippen LogP) is -1.38. The van der Waals surface area contributed by atoms with E-state index in [1.807, 2.05) is 0 Å². The van der Waals surface area contributed by atoms with Crippen LogP contribution in [0.4, 0.5) is 5.82 Å². The van der Waals surface area contributed by atoms with Crippen molar-refractivity contribution >= 4 is 5.82 Å². The highest BCUT2D eigenvalue weighted by molar-refractivity contribution is 5.30. The number of H-pyrrole nitrogens is 2. The van der Waals surface area contributed by atoms with E-state index in [-0.39, 0.29) is 11.9 Å². The summed E-state index contributed by atoms with van der Waals surface area (Å²) in [5.41, 5.74) is -1.06. The molecule has 0 saturated carbocycles. The summed E-state index contributed by atoms with van der Waals surface area (Å²) < 4.78 is 0. The molecule has 1 aliphatic rings. The maximum atomic E-state index is 11.3. The van der Waals surface area contributed by atoms with Gasteiger partial charge in [0, 0.05) is 6.04 Å². The maximum absolute atomic E-state index is 11.3. The maximum Gasteiger partial charge on any atom is 0.342 e. The lowest BCUT2D eigenvalue weighted by molar-refractivity contribution is 0.477. The van der Waals surface area contributed by atoms with Crippen molar-refractivity contribution in [1.29, 1.82) is 0 Å². The average molecular weight is 211 g/mol. The Hall–Kier alpha value is -1.63. The van der Waals surface area contributed by atoms with Crippen molar-refractivity contribution in [2.24, 2.45) is 0 Å². The Morgan fingerprint density at radius 1 is 1.27 bits per heavy atom. The fraction of sp³-hybridized carbons (Fsp3) is 0.625. The summed E-state index contributed by atoms with van der Waals surface area (Å²) >= 11 is 0. The van der Waals surface area contributed by atoms with E-state index in [9.17, 15) is 9.59 Å². The zero-order valence-electron chi connectivity index (χ0n) is 8.17. The first kappa shape index (κ1) is 9.91. The van der Waals surface area contributed by atoms with Gasteiger partial charge in [0.05, 0.1) is 0 Å². The Bertz CT molecular complexity index is 431. The normalized spacial score (nSPS) is 17.6. The lowest BCUT2D eigenvalue weighted by Gasteiger charge is -2.23. The van der Waals surface area contributed by atoms with E-state index >= 15 is 0 Å². The van der Waals surface area contributed by atoms with Gasteiger partial charge in [0.1, 0.15) is 0 Å². The van der Waals surface area contributed by atoms with Gasteiger partial charge in [-0.3, -0.25) is 9.78 Å². The molecule has 1 aliphatic heterocycles. The minimum atomic E-state index is -0.587. The van der Waals surface area contributed by atoms with Gasteiger partial charge in [-0.1, -0.05) is 0 Å². The standard InChI is InChI=1S/C8H13N5O2/c14-7-6(12-13-8(15)11-7)10-5-1-3-9-4-2-5/h5,9H,1-4H2,(H,10,12)(H2,11,13,14,15). The van der Waals surface area contributed by atoms with E-state index in [0.29, 0.717) is 0 Å². The van der Waals surface area contributed by atoms with Crippen molar-refractivity contribution in [3.63, 3.8) is 0 Å². The van der Waals surface area contributed by atoms with Crippen molar-refractivity contribution in [3.8, 4) is 0 Å². The third kappa shape index (κ3) is 2.44. The van der Waals surface area contributed by atoms with Gasteiger partial charge in [0.2, 0.25) is 5.82 Å². The van der Waals surface area contributed by atoms with Crippen molar-refractivity contribution in [2.75, 3.05) is 18.4 Å². The molecule has 1 aromatic rings. The Balaban J connectivity index is 2.09. The molecule has 15 heavy (non-hydrogen) atoms. The van der Waals surface area contributed by atoms with Crippen LogP contribution in [0.2, 0.25) is 0 Å². The van der Waals surface area contributed by atoms with Gasteiger partial charge >= 0.3 is 5.69 Å². The second-order valence-electron chi connectivity index (χ2n) is 3.52. The second-order valence-corrected chi connectivity index (χ2v) is 3.52. The molecule has 4 N–H and O–H groups in total. The molecule has 0 unspecified atom stereocenters. The number of aromatic amines is 2. The number of hydrogen-bond donors (Lipinski definition) is 4. The average Bonchev–Trinajstić information content (AvgIpc) is 2.24. The number of rotatable bonds is 2. The van der Waals surface area contributed by atoms with Crippen molar-refractivity contribution in [3.05, 3.63) is 20.8 Å². The summed E-state index contributed by atoms with van der Waals surface area (Å²) in [4.78, 5) is 24.1. The minimum Gasteiger partial charge on any atom is -0.361 e. The Kier molecular flexibility index (Phi) is 2.82. The summed E-state index contributed by atoms with van der Waals surface area (Å²) in [5.74, 6) is 0.182. The van der Waals surface area contributed by atoms with Crippen LogP contribution in [0.25, 0.3) is 0 Å². The predicted molar refractivity (Wildman–Crippen MR) is 55.0 cm³/mol. The fourth-order valence-electron chi connectivity index (χ4n) is 1.61. The molecule has 0 radical (unpaired) electrons. The van der Waals surface area contributed by atoms with E-state index in [4.69, 9.17) is 0 Å². The number of nitrogens with one attached hydrogen (secondary N) is 4. The van der Waals surface area contributed by atoms with Crippen LogP contribution in [0.1, 0.15) is 12.8 Å². The highest BCUT2D eigenvalue weighted by atomic mass is 16.2. The largest absolute Gasteiger partial charge is 0.361 e. The van der Waals surface area contributed by atoms with Crippen LogP contribution < -0.4 is 21.9 Å². The third-order valence-corrected chi connectivity index (χ3v) is 2.39. The molecule has 2 rings (SSSR count). The van der Waals surface area contributed by atoms with Gasteiger partial charge in [-0.05, 0) is 25.9 Å². The summed E-state index contributed by atoms with van der Waals surface area (Å²) in [7, 11) is 0. The van der Waals surface area contributed by atoms with Gasteiger partial charge in [0.15, 0.2) is 0 Å². The van der Waals surface area contributed by atoms with Crippen LogP contribution in [0, 0.1) is 0 Å². The first-order valence-electron chi connectivity index (χ1n) is 4.92. The monoisotopic (exact) mass is 211 g/mol. The smallest absolute Gasteiger partial charge is 0.342 e. The highest BCUT2D eigenvalue weighted by Crippen LogP contribution is 2.06. The Morgan fingerprint density at radius 3 is 2.67 bits per heavy atom. The number of nitrogens with zero attached hydrogens (tertiary/aromatic N) is 1. The van der Waals surface area contributed by atoms with Crippen LogP contribution in [-0.4, -0.2) is 34.3 Å². The molecular weight excluding hydrogens is 198 g/mol. The number of aromatic nitrogens is 3. The molecule has 7 nitrogen and oxygen atoms in total. The third-order valence-electron chi connectivity index (χ3n) is 2.39. The molecule has 7 heteroatoms. The van der Waals surface area contributed by atoms with E-state index in [1.165, 1.54) is 0 Å². The van der Waals surface area contributed by atoms with Crippen LogP contribution in [0.3, 0.4) is 0 Å². The minimum absolute atomic E-state index is 0.182. The van der Waals surface area contributed by atoms with Gasteiger partial charge < -0.3 is 10.6 Å². The summed E-state index contributed by atoms with van der Waals surface area (Å²) in [6.45, 7) is 1.86.